The Morgan fingerprint density at radius 3 is 2.71 bits per heavy atom. The molecule has 17 heavy (non-hydrogen) atoms. The van der Waals surface area contributed by atoms with E-state index in [1.807, 2.05) is 59.3 Å². The quantitative estimate of drug-likeness (QED) is 0.669. The molecule has 3 heteroatoms. The minimum absolute atomic E-state index is 0.843. The van der Waals surface area contributed by atoms with Crippen molar-refractivity contribution in [3.05, 3.63) is 54.9 Å². The zero-order chi connectivity index (χ0) is 11.7. The van der Waals surface area contributed by atoms with Crippen molar-refractivity contribution in [2.75, 3.05) is 7.11 Å². The maximum absolute atomic E-state index is 5.35. The Kier molecular flexibility index (Phi) is 2.29. The number of para-hydroxylation sites is 1. The number of rotatable bonds is 2. The van der Waals surface area contributed by atoms with E-state index in [0.717, 1.165) is 22.7 Å². The van der Waals surface area contributed by atoms with Gasteiger partial charge in [-0.15, -0.1) is 0 Å². The summed E-state index contributed by atoms with van der Waals surface area (Å²) in [5.74, 6) is 0.843. The second kappa shape index (κ2) is 3.94. The lowest BCUT2D eigenvalue weighted by atomic mass is 10.1. The van der Waals surface area contributed by atoms with E-state index < -0.39 is 0 Å². The van der Waals surface area contributed by atoms with Gasteiger partial charge in [0, 0.05) is 18.0 Å². The lowest BCUT2D eigenvalue weighted by Gasteiger charge is -2.04. The Bertz CT molecular complexity index is 625. The van der Waals surface area contributed by atoms with Crippen molar-refractivity contribution in [2.45, 2.75) is 0 Å². The van der Waals surface area contributed by atoms with Crippen molar-refractivity contribution in [1.29, 1.82) is 0 Å². The number of nitrogens with zero attached hydrogens (tertiary/aromatic N) is 2. The number of aromatic nitrogens is 2. The van der Waals surface area contributed by atoms with E-state index in [4.69, 9.17) is 4.74 Å². The molecule has 0 spiro atoms. The predicted octanol–water partition coefficient (Wildman–Crippen LogP) is 3.01. The van der Waals surface area contributed by atoms with Crippen LogP contribution in [-0.2, 0) is 0 Å². The van der Waals surface area contributed by atoms with Crippen LogP contribution < -0.4 is 4.74 Å². The highest BCUT2D eigenvalue weighted by molar-refractivity contribution is 5.69. The van der Waals surface area contributed by atoms with Crippen LogP contribution in [0.1, 0.15) is 0 Å². The Morgan fingerprint density at radius 2 is 1.88 bits per heavy atom. The first kappa shape index (κ1) is 9.90. The fraction of sp³-hybridized carbons (Fsp3) is 0.0714. The summed E-state index contributed by atoms with van der Waals surface area (Å²) in [6.07, 6.45) is 3.99. The topological polar surface area (TPSA) is 26.5 Å². The summed E-state index contributed by atoms with van der Waals surface area (Å²) in [4.78, 5) is 4.57. The number of methoxy groups -OCH3 is 1. The molecule has 0 aliphatic heterocycles. The van der Waals surface area contributed by atoms with Crippen molar-refractivity contribution >= 4 is 5.65 Å². The first-order valence-electron chi connectivity index (χ1n) is 5.45. The molecule has 0 radical (unpaired) electrons. The molecule has 0 atom stereocenters. The highest BCUT2D eigenvalue weighted by atomic mass is 16.5. The lowest BCUT2D eigenvalue weighted by molar-refractivity contribution is 0.416. The first-order chi connectivity index (χ1) is 8.38. The standard InChI is InChI=1S/C14H12N2O/c1-17-13-7-3-2-6-11(13)12-10-16-9-5-4-8-14(16)15-12/h2-10H,1H3. The maximum Gasteiger partial charge on any atom is 0.137 e. The Balaban J connectivity index is 2.20. The third-order valence-corrected chi connectivity index (χ3v) is 2.75. The van der Waals surface area contributed by atoms with Gasteiger partial charge in [0.1, 0.15) is 11.4 Å². The summed E-state index contributed by atoms with van der Waals surface area (Å²) in [6.45, 7) is 0. The number of ether oxygens (including phenoxy) is 1. The largest absolute Gasteiger partial charge is 0.496 e. The van der Waals surface area contributed by atoms with Gasteiger partial charge in [-0.2, -0.15) is 0 Å². The summed E-state index contributed by atoms with van der Waals surface area (Å²) in [6, 6.07) is 13.9. The monoisotopic (exact) mass is 224 g/mol. The van der Waals surface area contributed by atoms with Gasteiger partial charge in [0.15, 0.2) is 0 Å². The second-order valence-corrected chi connectivity index (χ2v) is 3.79. The van der Waals surface area contributed by atoms with Gasteiger partial charge in [0.2, 0.25) is 0 Å². The van der Waals surface area contributed by atoms with Gasteiger partial charge in [-0.25, -0.2) is 4.98 Å². The van der Waals surface area contributed by atoms with Crippen LogP contribution in [0.4, 0.5) is 0 Å². The van der Waals surface area contributed by atoms with Gasteiger partial charge in [-0.1, -0.05) is 18.2 Å². The predicted molar refractivity (Wildman–Crippen MR) is 67.2 cm³/mol. The number of pyridine rings is 1. The zero-order valence-corrected chi connectivity index (χ0v) is 9.50. The molecule has 3 aromatic rings. The van der Waals surface area contributed by atoms with Gasteiger partial charge in [0.05, 0.1) is 12.8 Å². The van der Waals surface area contributed by atoms with Crippen LogP contribution in [0.2, 0.25) is 0 Å². The number of hydrogen-bond donors (Lipinski definition) is 0. The summed E-state index contributed by atoms with van der Waals surface area (Å²) in [5, 5.41) is 0. The highest BCUT2D eigenvalue weighted by Crippen LogP contribution is 2.28. The Labute approximate surface area is 99.3 Å². The molecule has 0 unspecified atom stereocenters. The second-order valence-electron chi connectivity index (χ2n) is 3.79. The van der Waals surface area contributed by atoms with Gasteiger partial charge in [-0.3, -0.25) is 0 Å². The molecule has 3 rings (SSSR count). The normalized spacial score (nSPS) is 10.6. The van der Waals surface area contributed by atoms with E-state index in [2.05, 4.69) is 4.98 Å². The molecule has 84 valence electrons. The van der Waals surface area contributed by atoms with Crippen LogP contribution in [0, 0.1) is 0 Å². The number of imidazole rings is 1. The molecule has 0 fully saturated rings. The third kappa shape index (κ3) is 1.65. The van der Waals surface area contributed by atoms with E-state index in [9.17, 15) is 0 Å². The molecule has 0 aliphatic carbocycles. The van der Waals surface area contributed by atoms with Crippen molar-refractivity contribution in [2.24, 2.45) is 0 Å². The van der Waals surface area contributed by atoms with E-state index in [1.54, 1.807) is 7.11 Å². The van der Waals surface area contributed by atoms with Crippen LogP contribution >= 0.6 is 0 Å². The molecular formula is C14H12N2O. The van der Waals surface area contributed by atoms with Gasteiger partial charge >= 0.3 is 0 Å². The number of benzene rings is 1. The van der Waals surface area contributed by atoms with Crippen LogP contribution in [-0.4, -0.2) is 16.5 Å². The fourth-order valence-corrected chi connectivity index (χ4v) is 1.92. The molecule has 1 aromatic carbocycles. The van der Waals surface area contributed by atoms with E-state index in [0.29, 0.717) is 0 Å². The molecule has 0 N–H and O–H groups in total. The van der Waals surface area contributed by atoms with Crippen molar-refractivity contribution in [3.8, 4) is 17.0 Å². The van der Waals surface area contributed by atoms with Crippen molar-refractivity contribution in [1.82, 2.24) is 9.38 Å². The van der Waals surface area contributed by atoms with E-state index >= 15 is 0 Å². The molecule has 0 saturated heterocycles. The van der Waals surface area contributed by atoms with E-state index in [1.165, 1.54) is 0 Å². The van der Waals surface area contributed by atoms with Crippen LogP contribution in [0.25, 0.3) is 16.9 Å². The van der Waals surface area contributed by atoms with Gasteiger partial charge in [0.25, 0.3) is 0 Å². The van der Waals surface area contributed by atoms with Crippen LogP contribution in [0.15, 0.2) is 54.9 Å². The molecule has 2 heterocycles. The highest BCUT2D eigenvalue weighted by Gasteiger charge is 2.08. The van der Waals surface area contributed by atoms with Gasteiger partial charge < -0.3 is 9.14 Å². The summed E-state index contributed by atoms with van der Waals surface area (Å²) < 4.78 is 7.35. The Morgan fingerprint density at radius 1 is 1.06 bits per heavy atom. The average Bonchev–Trinajstić information content (AvgIpc) is 2.82. The first-order valence-corrected chi connectivity index (χ1v) is 5.45. The average molecular weight is 224 g/mol. The van der Waals surface area contributed by atoms with Crippen molar-refractivity contribution in [3.63, 3.8) is 0 Å². The molecule has 0 bridgehead atoms. The molecule has 0 amide bonds. The molecule has 2 aromatic heterocycles. The number of fused-ring (bicyclic) bond motifs is 1. The molecule has 0 saturated carbocycles. The van der Waals surface area contributed by atoms with Crippen LogP contribution in [0.5, 0.6) is 5.75 Å². The Hall–Kier alpha value is -2.29. The molecule has 3 nitrogen and oxygen atoms in total. The summed E-state index contributed by atoms with van der Waals surface area (Å²) in [7, 11) is 1.68. The third-order valence-electron chi connectivity index (χ3n) is 2.75. The minimum Gasteiger partial charge on any atom is -0.496 e. The lowest BCUT2D eigenvalue weighted by Crippen LogP contribution is -1.86. The molecule has 0 aliphatic rings. The van der Waals surface area contributed by atoms with Crippen LogP contribution in [0.3, 0.4) is 0 Å². The summed E-state index contributed by atoms with van der Waals surface area (Å²) >= 11 is 0. The minimum atomic E-state index is 0.843. The maximum atomic E-state index is 5.35. The SMILES string of the molecule is COc1ccccc1-c1cn2ccccc2n1. The smallest absolute Gasteiger partial charge is 0.137 e. The number of hydrogen-bond acceptors (Lipinski definition) is 2. The fourth-order valence-electron chi connectivity index (χ4n) is 1.92. The van der Waals surface area contributed by atoms with E-state index in [-0.39, 0.29) is 0 Å². The zero-order valence-electron chi connectivity index (χ0n) is 9.50. The van der Waals surface area contributed by atoms with Crippen molar-refractivity contribution < 1.29 is 4.74 Å². The molecular weight excluding hydrogens is 212 g/mol. The summed E-state index contributed by atoms with van der Waals surface area (Å²) in [5.41, 5.74) is 2.88. The van der Waals surface area contributed by atoms with Gasteiger partial charge in [-0.05, 0) is 24.3 Å².